The van der Waals surface area contributed by atoms with Gasteiger partial charge >= 0.3 is 0 Å². The molecule has 2 rings (SSSR count). The van der Waals surface area contributed by atoms with E-state index in [9.17, 15) is 0 Å². The van der Waals surface area contributed by atoms with E-state index >= 15 is 0 Å². The summed E-state index contributed by atoms with van der Waals surface area (Å²) in [6, 6.07) is 5.50. The van der Waals surface area contributed by atoms with Crippen molar-refractivity contribution in [2.75, 3.05) is 5.73 Å². The molecule has 2 aromatic heterocycles. The fraction of sp³-hybridized carbons (Fsp3) is 0.200. The van der Waals surface area contributed by atoms with Crippen LogP contribution in [0.1, 0.15) is 11.5 Å². The van der Waals surface area contributed by atoms with Gasteiger partial charge in [0.1, 0.15) is 17.3 Å². The fourth-order valence-corrected chi connectivity index (χ4v) is 1.37. The van der Waals surface area contributed by atoms with Gasteiger partial charge in [-0.3, -0.25) is 0 Å². The van der Waals surface area contributed by atoms with Crippen molar-refractivity contribution in [3.05, 3.63) is 29.7 Å². The molecule has 2 aromatic rings. The van der Waals surface area contributed by atoms with Gasteiger partial charge in [0.25, 0.3) is 0 Å². The molecular formula is C10H11N3O. The van der Waals surface area contributed by atoms with E-state index in [1.54, 1.807) is 6.07 Å². The van der Waals surface area contributed by atoms with Gasteiger partial charge in [0.05, 0.1) is 5.69 Å². The molecule has 0 aliphatic heterocycles. The van der Waals surface area contributed by atoms with Crippen molar-refractivity contribution in [1.82, 2.24) is 10.2 Å². The third kappa shape index (κ3) is 1.46. The Balaban J connectivity index is 2.49. The van der Waals surface area contributed by atoms with Gasteiger partial charge in [-0.1, -0.05) is 0 Å². The van der Waals surface area contributed by atoms with Crippen LogP contribution in [0, 0.1) is 13.8 Å². The predicted octanol–water partition coefficient (Wildman–Crippen LogP) is 1.94. The third-order valence-corrected chi connectivity index (χ3v) is 2.00. The summed E-state index contributed by atoms with van der Waals surface area (Å²) in [5, 5.41) is 7.78. The molecule has 0 aliphatic rings. The number of nitrogens with two attached hydrogens (primary N) is 1. The Kier molecular flexibility index (Phi) is 1.96. The number of nitrogen functional groups attached to an aromatic ring is 1. The zero-order valence-corrected chi connectivity index (χ0v) is 8.11. The largest absolute Gasteiger partial charge is 0.466 e. The van der Waals surface area contributed by atoms with E-state index in [-0.39, 0.29) is 0 Å². The quantitative estimate of drug-likeness (QED) is 0.744. The first-order valence-electron chi connectivity index (χ1n) is 4.33. The molecule has 0 radical (unpaired) electrons. The van der Waals surface area contributed by atoms with Gasteiger partial charge in [0.2, 0.25) is 0 Å². The number of nitrogens with zero attached hydrogens (tertiary/aromatic N) is 2. The van der Waals surface area contributed by atoms with Gasteiger partial charge in [-0.2, -0.15) is 0 Å². The lowest BCUT2D eigenvalue weighted by atomic mass is 10.2. The number of hydrogen-bond donors (Lipinski definition) is 1. The minimum atomic E-state index is 0.423. The first-order chi connectivity index (χ1) is 6.66. The van der Waals surface area contributed by atoms with E-state index in [1.165, 1.54) is 0 Å². The van der Waals surface area contributed by atoms with Crippen molar-refractivity contribution in [1.29, 1.82) is 0 Å². The highest BCUT2D eigenvalue weighted by Crippen LogP contribution is 2.24. The van der Waals surface area contributed by atoms with E-state index in [0.29, 0.717) is 5.82 Å². The lowest BCUT2D eigenvalue weighted by molar-refractivity contribution is 0.505. The molecule has 0 aromatic carbocycles. The van der Waals surface area contributed by atoms with Gasteiger partial charge in [-0.25, -0.2) is 0 Å². The maximum atomic E-state index is 5.45. The van der Waals surface area contributed by atoms with Gasteiger partial charge in [0, 0.05) is 5.56 Å². The third-order valence-electron chi connectivity index (χ3n) is 2.00. The molecule has 0 amide bonds. The summed E-state index contributed by atoms with van der Waals surface area (Å²) in [5.74, 6) is 2.14. The molecule has 0 saturated heterocycles. The summed E-state index contributed by atoms with van der Waals surface area (Å²) in [6.45, 7) is 3.81. The number of aromatic nitrogens is 2. The molecule has 0 saturated carbocycles. The highest BCUT2D eigenvalue weighted by molar-refractivity contribution is 5.61. The standard InChI is InChI=1S/C10H11N3O/c1-6-5-8(7(2)14-6)9-3-4-10(11)13-12-9/h3-5H,1-2H3,(H2,11,13). The van der Waals surface area contributed by atoms with Crippen molar-refractivity contribution in [2.24, 2.45) is 0 Å². The Morgan fingerprint density at radius 1 is 1.21 bits per heavy atom. The molecule has 0 bridgehead atoms. The molecular weight excluding hydrogens is 178 g/mol. The minimum absolute atomic E-state index is 0.423. The average molecular weight is 189 g/mol. The summed E-state index contributed by atoms with van der Waals surface area (Å²) in [5.41, 5.74) is 7.20. The number of hydrogen-bond acceptors (Lipinski definition) is 4. The Morgan fingerprint density at radius 3 is 2.50 bits per heavy atom. The molecule has 0 spiro atoms. The smallest absolute Gasteiger partial charge is 0.146 e. The SMILES string of the molecule is Cc1cc(-c2ccc(N)nn2)c(C)o1. The van der Waals surface area contributed by atoms with E-state index in [4.69, 9.17) is 10.2 Å². The topological polar surface area (TPSA) is 64.9 Å². The number of rotatable bonds is 1. The second kappa shape index (κ2) is 3.14. The molecule has 4 nitrogen and oxygen atoms in total. The number of aryl methyl sites for hydroxylation is 2. The lowest BCUT2D eigenvalue weighted by Crippen LogP contribution is -1.93. The summed E-state index contributed by atoms with van der Waals surface area (Å²) in [7, 11) is 0. The predicted molar refractivity (Wildman–Crippen MR) is 53.6 cm³/mol. The van der Waals surface area contributed by atoms with Crippen LogP contribution in [0.3, 0.4) is 0 Å². The monoisotopic (exact) mass is 189 g/mol. The maximum absolute atomic E-state index is 5.45. The van der Waals surface area contributed by atoms with E-state index < -0.39 is 0 Å². The average Bonchev–Trinajstić information content (AvgIpc) is 2.47. The first kappa shape index (κ1) is 8.74. The summed E-state index contributed by atoms with van der Waals surface area (Å²) < 4.78 is 5.40. The van der Waals surface area contributed by atoms with Gasteiger partial charge < -0.3 is 10.2 Å². The minimum Gasteiger partial charge on any atom is -0.466 e. The number of furan rings is 1. The molecule has 0 unspecified atom stereocenters. The van der Waals surface area contributed by atoms with Crippen molar-refractivity contribution < 1.29 is 4.42 Å². The van der Waals surface area contributed by atoms with Crippen LogP contribution in [0.5, 0.6) is 0 Å². The van der Waals surface area contributed by atoms with Gasteiger partial charge in [-0.05, 0) is 32.0 Å². The maximum Gasteiger partial charge on any atom is 0.146 e. The first-order valence-corrected chi connectivity index (χ1v) is 4.33. The number of anilines is 1. The van der Waals surface area contributed by atoms with Crippen LogP contribution >= 0.6 is 0 Å². The normalized spacial score (nSPS) is 10.4. The molecule has 0 atom stereocenters. The fourth-order valence-electron chi connectivity index (χ4n) is 1.37. The van der Waals surface area contributed by atoms with E-state index in [1.807, 2.05) is 26.0 Å². The Morgan fingerprint density at radius 2 is 2.00 bits per heavy atom. The molecule has 2 heterocycles. The lowest BCUT2D eigenvalue weighted by Gasteiger charge is -1.96. The van der Waals surface area contributed by atoms with Crippen LogP contribution < -0.4 is 5.73 Å². The molecule has 0 aliphatic carbocycles. The van der Waals surface area contributed by atoms with Crippen molar-refractivity contribution in [2.45, 2.75) is 13.8 Å². The highest BCUT2D eigenvalue weighted by Gasteiger charge is 2.08. The van der Waals surface area contributed by atoms with Crippen LogP contribution in [-0.4, -0.2) is 10.2 Å². The van der Waals surface area contributed by atoms with Crippen LogP contribution in [0.2, 0.25) is 0 Å². The van der Waals surface area contributed by atoms with Crippen LogP contribution in [0.15, 0.2) is 22.6 Å². The van der Waals surface area contributed by atoms with Crippen LogP contribution in [-0.2, 0) is 0 Å². The second-order valence-electron chi connectivity index (χ2n) is 3.17. The van der Waals surface area contributed by atoms with E-state index in [2.05, 4.69) is 10.2 Å². The molecule has 72 valence electrons. The summed E-state index contributed by atoms with van der Waals surface area (Å²) in [6.07, 6.45) is 0. The van der Waals surface area contributed by atoms with Crippen LogP contribution in [0.4, 0.5) is 5.82 Å². The molecule has 4 heteroatoms. The second-order valence-corrected chi connectivity index (χ2v) is 3.17. The van der Waals surface area contributed by atoms with Crippen molar-refractivity contribution in [3.63, 3.8) is 0 Å². The van der Waals surface area contributed by atoms with Crippen molar-refractivity contribution in [3.8, 4) is 11.3 Å². The highest BCUT2D eigenvalue weighted by atomic mass is 16.3. The van der Waals surface area contributed by atoms with E-state index in [0.717, 1.165) is 22.8 Å². The Hall–Kier alpha value is -1.84. The Labute approximate surface area is 81.8 Å². The molecule has 0 fully saturated rings. The summed E-state index contributed by atoms with van der Waals surface area (Å²) >= 11 is 0. The van der Waals surface area contributed by atoms with Gasteiger partial charge in [0.15, 0.2) is 0 Å². The Bertz CT molecular complexity index is 445. The molecule has 14 heavy (non-hydrogen) atoms. The van der Waals surface area contributed by atoms with Crippen LogP contribution in [0.25, 0.3) is 11.3 Å². The zero-order chi connectivity index (χ0) is 10.1. The van der Waals surface area contributed by atoms with Gasteiger partial charge in [-0.15, -0.1) is 10.2 Å². The molecule has 2 N–H and O–H groups in total. The van der Waals surface area contributed by atoms with Crippen molar-refractivity contribution >= 4 is 5.82 Å². The zero-order valence-electron chi connectivity index (χ0n) is 8.11. The summed E-state index contributed by atoms with van der Waals surface area (Å²) in [4.78, 5) is 0.